The van der Waals surface area contributed by atoms with Gasteiger partial charge in [0, 0.05) is 42.3 Å². The summed E-state index contributed by atoms with van der Waals surface area (Å²) in [5, 5.41) is 13.9. The van der Waals surface area contributed by atoms with E-state index in [1.54, 1.807) is 47.4 Å². The highest BCUT2D eigenvalue weighted by atomic mass is 35.5. The molecule has 3 amide bonds. The molecule has 0 spiro atoms. The van der Waals surface area contributed by atoms with E-state index in [2.05, 4.69) is 20.8 Å². The molecule has 1 aliphatic heterocycles. The van der Waals surface area contributed by atoms with E-state index in [1.165, 1.54) is 6.07 Å². The Morgan fingerprint density at radius 3 is 2.54 bits per heavy atom. The summed E-state index contributed by atoms with van der Waals surface area (Å²) in [4.78, 5) is 39.2. The third-order valence-electron chi connectivity index (χ3n) is 5.69. The van der Waals surface area contributed by atoms with Crippen LogP contribution >= 0.6 is 22.9 Å². The molecule has 35 heavy (non-hydrogen) atoms. The van der Waals surface area contributed by atoms with Crippen molar-refractivity contribution in [3.63, 3.8) is 0 Å². The number of hydrogen-bond acceptors (Lipinski definition) is 6. The van der Waals surface area contributed by atoms with Gasteiger partial charge in [0.05, 0.1) is 0 Å². The van der Waals surface area contributed by atoms with Crippen LogP contribution in [-0.4, -0.2) is 45.9 Å². The Morgan fingerprint density at radius 2 is 1.80 bits per heavy atom. The molecule has 2 aromatic carbocycles. The lowest BCUT2D eigenvalue weighted by Gasteiger charge is -2.31. The van der Waals surface area contributed by atoms with E-state index in [0.29, 0.717) is 48.6 Å². The minimum atomic E-state index is -0.469. The van der Waals surface area contributed by atoms with Gasteiger partial charge >= 0.3 is 0 Å². The molecule has 8 nitrogen and oxygen atoms in total. The average molecular weight is 516 g/mol. The molecule has 1 aliphatic rings. The van der Waals surface area contributed by atoms with Gasteiger partial charge in [-0.05, 0) is 43.0 Å². The Morgan fingerprint density at radius 1 is 1.06 bits per heavy atom. The molecule has 0 unspecified atom stereocenters. The van der Waals surface area contributed by atoms with Crippen molar-refractivity contribution in [1.29, 1.82) is 0 Å². The van der Waals surface area contributed by atoms with Crippen molar-refractivity contribution in [2.24, 2.45) is 5.92 Å². The van der Waals surface area contributed by atoms with Crippen LogP contribution < -0.4 is 10.6 Å². The third-order valence-corrected chi connectivity index (χ3v) is 6.84. The summed E-state index contributed by atoms with van der Waals surface area (Å²) in [6.45, 7) is 1.11. The van der Waals surface area contributed by atoms with Crippen LogP contribution in [0.5, 0.6) is 0 Å². The first kappa shape index (κ1) is 24.7. The molecule has 4 rings (SSSR count). The lowest BCUT2D eigenvalue weighted by atomic mass is 9.93. The molecule has 0 saturated carbocycles. The van der Waals surface area contributed by atoms with Crippen LogP contribution in [0.25, 0.3) is 0 Å². The van der Waals surface area contributed by atoms with Crippen LogP contribution in [0.2, 0.25) is 5.02 Å². The average Bonchev–Trinajstić information content (AvgIpc) is 3.34. The zero-order valence-corrected chi connectivity index (χ0v) is 20.2. The molecule has 0 radical (unpaired) electrons. The number of likely N-dealkylation sites (tertiary alicyclic amines) is 1. The highest BCUT2D eigenvalue weighted by molar-refractivity contribution is 7.15. The van der Waals surface area contributed by atoms with Crippen LogP contribution in [0, 0.1) is 11.7 Å². The van der Waals surface area contributed by atoms with E-state index in [1.807, 2.05) is 0 Å². The van der Waals surface area contributed by atoms with Gasteiger partial charge < -0.3 is 15.5 Å². The van der Waals surface area contributed by atoms with Crippen molar-refractivity contribution in [3.8, 4) is 0 Å². The summed E-state index contributed by atoms with van der Waals surface area (Å²) in [6.07, 6.45) is 1.66. The molecular formula is C24H23ClFN5O3S. The number of benzene rings is 2. The Balaban J connectivity index is 1.24. The van der Waals surface area contributed by atoms with E-state index in [4.69, 9.17) is 11.6 Å². The molecule has 1 aromatic heterocycles. The predicted molar refractivity (Wildman–Crippen MR) is 131 cm³/mol. The van der Waals surface area contributed by atoms with Crippen LogP contribution in [0.3, 0.4) is 0 Å². The SMILES string of the molecule is O=C(CC1CCN(C(=O)c2nnc(C(=O)Nc3cccc(Cl)c3)s2)CC1)NCc1ccccc1F. The van der Waals surface area contributed by atoms with Gasteiger partial charge in [-0.2, -0.15) is 0 Å². The number of carbonyl (C=O) groups is 3. The number of hydrogen-bond donors (Lipinski definition) is 2. The van der Waals surface area contributed by atoms with Crippen molar-refractivity contribution in [3.05, 3.63) is 74.9 Å². The van der Waals surface area contributed by atoms with E-state index in [-0.39, 0.29) is 40.1 Å². The second-order valence-electron chi connectivity index (χ2n) is 8.18. The summed E-state index contributed by atoms with van der Waals surface area (Å²) in [7, 11) is 0. The van der Waals surface area contributed by atoms with Crippen LogP contribution in [0.1, 0.15) is 44.4 Å². The number of amides is 3. The van der Waals surface area contributed by atoms with Crippen molar-refractivity contribution in [1.82, 2.24) is 20.4 Å². The van der Waals surface area contributed by atoms with Gasteiger partial charge in [-0.15, -0.1) is 10.2 Å². The summed E-state index contributed by atoms with van der Waals surface area (Å²) in [5.41, 5.74) is 0.963. The number of anilines is 1. The van der Waals surface area contributed by atoms with Crippen LogP contribution in [0.4, 0.5) is 10.1 Å². The monoisotopic (exact) mass is 515 g/mol. The maximum absolute atomic E-state index is 13.7. The van der Waals surface area contributed by atoms with Gasteiger partial charge in [0.15, 0.2) is 0 Å². The normalized spacial score (nSPS) is 13.9. The number of aromatic nitrogens is 2. The fourth-order valence-corrected chi connectivity index (χ4v) is 4.69. The second-order valence-corrected chi connectivity index (χ2v) is 9.60. The fraction of sp³-hybridized carbons (Fsp3) is 0.292. The van der Waals surface area contributed by atoms with Crippen LogP contribution in [0.15, 0.2) is 48.5 Å². The van der Waals surface area contributed by atoms with Gasteiger partial charge in [-0.1, -0.05) is 47.2 Å². The van der Waals surface area contributed by atoms with E-state index >= 15 is 0 Å². The summed E-state index contributed by atoms with van der Waals surface area (Å²) in [5.74, 6) is -1.11. The molecule has 2 N–H and O–H groups in total. The Kier molecular flexibility index (Phi) is 8.04. The smallest absolute Gasteiger partial charge is 0.286 e. The summed E-state index contributed by atoms with van der Waals surface area (Å²) in [6, 6.07) is 13.0. The first-order chi connectivity index (χ1) is 16.9. The molecule has 1 saturated heterocycles. The topological polar surface area (TPSA) is 104 Å². The highest BCUT2D eigenvalue weighted by Gasteiger charge is 2.28. The lowest BCUT2D eigenvalue weighted by molar-refractivity contribution is -0.122. The zero-order valence-electron chi connectivity index (χ0n) is 18.7. The molecule has 182 valence electrons. The van der Waals surface area contributed by atoms with Crippen molar-refractivity contribution < 1.29 is 18.8 Å². The quantitative estimate of drug-likeness (QED) is 0.492. The van der Waals surface area contributed by atoms with Crippen LogP contribution in [-0.2, 0) is 11.3 Å². The maximum atomic E-state index is 13.7. The Bertz CT molecular complexity index is 1230. The third kappa shape index (κ3) is 6.61. The highest BCUT2D eigenvalue weighted by Crippen LogP contribution is 2.23. The second kappa shape index (κ2) is 11.4. The Hall–Kier alpha value is -3.37. The first-order valence-electron chi connectivity index (χ1n) is 11.1. The number of piperidine rings is 1. The largest absolute Gasteiger partial charge is 0.352 e. The predicted octanol–water partition coefficient (Wildman–Crippen LogP) is 4.14. The summed E-state index contributed by atoms with van der Waals surface area (Å²) < 4.78 is 13.7. The first-order valence-corrected chi connectivity index (χ1v) is 12.3. The maximum Gasteiger partial charge on any atom is 0.286 e. The molecule has 1 fully saturated rings. The van der Waals surface area contributed by atoms with E-state index < -0.39 is 5.91 Å². The minimum Gasteiger partial charge on any atom is -0.352 e. The summed E-state index contributed by atoms with van der Waals surface area (Å²) >= 11 is 6.86. The molecule has 0 atom stereocenters. The number of rotatable bonds is 7. The van der Waals surface area contributed by atoms with E-state index in [9.17, 15) is 18.8 Å². The lowest BCUT2D eigenvalue weighted by Crippen LogP contribution is -2.39. The molecule has 0 bridgehead atoms. The van der Waals surface area contributed by atoms with Crippen molar-refractivity contribution in [2.45, 2.75) is 25.8 Å². The van der Waals surface area contributed by atoms with Gasteiger partial charge in [-0.3, -0.25) is 14.4 Å². The number of carbonyl (C=O) groups excluding carboxylic acids is 3. The van der Waals surface area contributed by atoms with E-state index in [0.717, 1.165) is 11.3 Å². The Labute approximate surface area is 210 Å². The molecule has 11 heteroatoms. The van der Waals surface area contributed by atoms with Gasteiger partial charge in [0.2, 0.25) is 15.9 Å². The number of nitrogens with zero attached hydrogens (tertiary/aromatic N) is 3. The zero-order chi connectivity index (χ0) is 24.8. The van der Waals surface area contributed by atoms with Crippen molar-refractivity contribution in [2.75, 3.05) is 18.4 Å². The van der Waals surface area contributed by atoms with Crippen molar-refractivity contribution >= 4 is 46.3 Å². The van der Waals surface area contributed by atoms with Gasteiger partial charge in [0.25, 0.3) is 11.8 Å². The molecule has 2 heterocycles. The molecular weight excluding hydrogens is 493 g/mol. The fourth-order valence-electron chi connectivity index (χ4n) is 3.80. The minimum absolute atomic E-state index is 0.0785. The molecule has 3 aromatic rings. The number of halogens is 2. The van der Waals surface area contributed by atoms with Gasteiger partial charge in [0.1, 0.15) is 5.82 Å². The standard InChI is InChI=1S/C24H23ClFN5O3S/c25-17-5-3-6-18(13-17)28-21(33)22-29-30-23(35-22)24(34)31-10-8-15(9-11-31)12-20(32)27-14-16-4-1-2-7-19(16)26/h1-7,13,15H,8-12,14H2,(H,27,32)(H,28,33). The molecule has 0 aliphatic carbocycles. The van der Waals surface area contributed by atoms with Gasteiger partial charge in [-0.25, -0.2) is 4.39 Å². The number of nitrogens with one attached hydrogen (secondary N) is 2.